The van der Waals surface area contributed by atoms with Gasteiger partial charge in [-0.3, -0.25) is 9.59 Å². The second kappa shape index (κ2) is 7.50. The van der Waals surface area contributed by atoms with Crippen molar-refractivity contribution in [2.75, 3.05) is 6.79 Å². The lowest BCUT2D eigenvalue weighted by molar-refractivity contribution is -0.140. The molecule has 0 saturated heterocycles. The van der Waals surface area contributed by atoms with E-state index in [-0.39, 0.29) is 12.7 Å². The number of fused-ring (bicyclic) bond motifs is 1. The van der Waals surface area contributed by atoms with Gasteiger partial charge in [0.1, 0.15) is 6.04 Å². The molecule has 3 atom stereocenters. The number of aliphatic carboxylic acids is 1. The molecular weight excluding hydrogens is 314 g/mol. The highest BCUT2D eigenvalue weighted by molar-refractivity contribution is 5.80. The predicted octanol–water partition coefficient (Wildman–Crippen LogP) is -0.162. The van der Waals surface area contributed by atoms with Gasteiger partial charge in [-0.1, -0.05) is 19.9 Å². The molecule has 0 radical (unpaired) electrons. The summed E-state index contributed by atoms with van der Waals surface area (Å²) in [6, 6.07) is 2.88. The van der Waals surface area contributed by atoms with Crippen molar-refractivity contribution in [2.24, 2.45) is 17.4 Å². The first kappa shape index (κ1) is 18.0. The van der Waals surface area contributed by atoms with Crippen LogP contribution in [0.4, 0.5) is 0 Å². The zero-order valence-corrected chi connectivity index (χ0v) is 13.7. The number of nitrogens with two attached hydrogens (primary N) is 2. The quantitative estimate of drug-likeness (QED) is 0.517. The number of carbonyl (C=O) groups is 2. The molecule has 0 bridgehead atoms. The largest absolute Gasteiger partial charge is 0.480 e. The Kier molecular flexibility index (Phi) is 5.63. The smallest absolute Gasteiger partial charge is 0.322 e. The zero-order valence-electron chi connectivity index (χ0n) is 13.7. The molecular formula is C16H23N3O5. The first-order valence-corrected chi connectivity index (χ1v) is 7.72. The Labute approximate surface area is 140 Å². The van der Waals surface area contributed by atoms with Gasteiger partial charge in [-0.25, -0.2) is 0 Å². The van der Waals surface area contributed by atoms with Crippen molar-refractivity contribution in [3.05, 3.63) is 23.8 Å². The Morgan fingerprint density at radius 2 is 1.96 bits per heavy atom. The van der Waals surface area contributed by atoms with Crippen molar-refractivity contribution in [3.63, 3.8) is 0 Å². The third-order valence-corrected chi connectivity index (χ3v) is 4.00. The molecule has 2 unspecified atom stereocenters. The summed E-state index contributed by atoms with van der Waals surface area (Å²) in [4.78, 5) is 23.0. The van der Waals surface area contributed by atoms with Gasteiger partial charge in [0.2, 0.25) is 12.7 Å². The minimum absolute atomic E-state index is 0.0882. The first-order valence-electron chi connectivity index (χ1n) is 7.72. The predicted molar refractivity (Wildman–Crippen MR) is 86.6 cm³/mol. The van der Waals surface area contributed by atoms with E-state index in [1.807, 2.05) is 19.9 Å². The summed E-state index contributed by atoms with van der Waals surface area (Å²) in [6.45, 7) is 3.83. The van der Waals surface area contributed by atoms with Crippen molar-refractivity contribution in [1.29, 1.82) is 0 Å². The van der Waals surface area contributed by atoms with E-state index in [9.17, 15) is 9.59 Å². The van der Waals surface area contributed by atoms with Crippen LogP contribution >= 0.6 is 0 Å². The molecule has 132 valence electrons. The van der Waals surface area contributed by atoms with Crippen LogP contribution in [0.3, 0.4) is 0 Å². The van der Waals surface area contributed by atoms with Crippen LogP contribution in [0, 0.1) is 5.92 Å². The van der Waals surface area contributed by atoms with Crippen LogP contribution in [-0.4, -0.2) is 41.9 Å². The number of hydrogen-bond donors (Lipinski definition) is 4. The number of nitrogens with one attached hydrogen (secondary N) is 1. The molecule has 0 aliphatic carbocycles. The Morgan fingerprint density at radius 1 is 1.29 bits per heavy atom. The number of ether oxygens (including phenoxy) is 2. The fourth-order valence-electron chi connectivity index (χ4n) is 2.64. The Hall–Kier alpha value is -2.32. The van der Waals surface area contributed by atoms with Gasteiger partial charge >= 0.3 is 5.97 Å². The van der Waals surface area contributed by atoms with Crippen LogP contribution in [0.1, 0.15) is 19.4 Å². The molecule has 8 heteroatoms. The van der Waals surface area contributed by atoms with Crippen molar-refractivity contribution >= 4 is 11.9 Å². The topological polar surface area (TPSA) is 137 Å². The van der Waals surface area contributed by atoms with Gasteiger partial charge in [-0.2, -0.15) is 0 Å². The van der Waals surface area contributed by atoms with Gasteiger partial charge in [0.05, 0.1) is 6.04 Å². The molecule has 1 aromatic rings. The van der Waals surface area contributed by atoms with Gasteiger partial charge in [0, 0.05) is 6.04 Å². The van der Waals surface area contributed by atoms with E-state index in [1.165, 1.54) is 0 Å². The number of hydrogen-bond acceptors (Lipinski definition) is 6. The van der Waals surface area contributed by atoms with Crippen LogP contribution in [-0.2, 0) is 16.0 Å². The SMILES string of the molecule is CC(C)C(NC(Cc1ccc2c(c1)OCO2)C(N)=O)[C@H](N)C(=O)O. The maximum absolute atomic E-state index is 11.8. The third kappa shape index (κ3) is 4.15. The number of benzene rings is 1. The Morgan fingerprint density at radius 3 is 2.54 bits per heavy atom. The van der Waals surface area contributed by atoms with Crippen molar-refractivity contribution < 1.29 is 24.2 Å². The monoisotopic (exact) mass is 337 g/mol. The first-order chi connectivity index (χ1) is 11.3. The summed E-state index contributed by atoms with van der Waals surface area (Å²) in [6.07, 6.45) is 0.293. The Bertz CT molecular complexity index is 620. The molecule has 1 amide bonds. The standard InChI is InChI=1S/C16H23N3O5/c1-8(2)14(13(17)16(21)22)19-10(15(18)20)5-9-3-4-11-12(6-9)24-7-23-11/h3-4,6,8,10,13-14,19H,5,7,17H2,1-2H3,(H2,18,20)(H,21,22)/t10?,13-,14?/m0/s1. The summed E-state index contributed by atoms with van der Waals surface area (Å²) in [5.74, 6) is -0.535. The van der Waals surface area contributed by atoms with Crippen LogP contribution in [0.5, 0.6) is 11.5 Å². The van der Waals surface area contributed by atoms with E-state index in [0.29, 0.717) is 17.9 Å². The average molecular weight is 337 g/mol. The molecule has 1 aliphatic heterocycles. The maximum Gasteiger partial charge on any atom is 0.322 e. The molecule has 1 heterocycles. The number of primary amides is 1. The molecule has 1 aromatic carbocycles. The van der Waals surface area contributed by atoms with Gasteiger partial charge in [-0.05, 0) is 30.0 Å². The second-order valence-electron chi connectivity index (χ2n) is 6.15. The highest BCUT2D eigenvalue weighted by atomic mass is 16.7. The van der Waals surface area contributed by atoms with E-state index in [2.05, 4.69) is 5.32 Å². The van der Waals surface area contributed by atoms with Crippen LogP contribution < -0.4 is 26.3 Å². The molecule has 8 nitrogen and oxygen atoms in total. The van der Waals surface area contributed by atoms with E-state index in [4.69, 9.17) is 26.0 Å². The molecule has 6 N–H and O–H groups in total. The van der Waals surface area contributed by atoms with Crippen LogP contribution in [0.25, 0.3) is 0 Å². The van der Waals surface area contributed by atoms with Gasteiger partial charge in [0.25, 0.3) is 0 Å². The summed E-state index contributed by atoms with van der Waals surface area (Å²) >= 11 is 0. The molecule has 0 fully saturated rings. The summed E-state index contributed by atoms with van der Waals surface area (Å²) in [5.41, 5.74) is 12.0. The highest BCUT2D eigenvalue weighted by Crippen LogP contribution is 2.32. The van der Waals surface area contributed by atoms with Gasteiger partial charge in [-0.15, -0.1) is 0 Å². The number of carboxylic acids is 1. The van der Waals surface area contributed by atoms with E-state index >= 15 is 0 Å². The minimum atomic E-state index is -1.14. The lowest BCUT2D eigenvalue weighted by Crippen LogP contribution is -2.58. The molecule has 2 rings (SSSR count). The number of rotatable bonds is 8. The summed E-state index contributed by atoms with van der Waals surface area (Å²) in [7, 11) is 0. The molecule has 0 spiro atoms. The number of carboxylic acid groups (broad SMARTS) is 1. The Balaban J connectivity index is 2.13. The summed E-state index contributed by atoms with van der Waals surface area (Å²) in [5, 5.41) is 12.1. The van der Waals surface area contributed by atoms with E-state index < -0.39 is 30.0 Å². The fraction of sp³-hybridized carbons (Fsp3) is 0.500. The van der Waals surface area contributed by atoms with E-state index in [0.717, 1.165) is 5.56 Å². The van der Waals surface area contributed by atoms with Gasteiger partial charge < -0.3 is 31.4 Å². The van der Waals surface area contributed by atoms with Crippen molar-refractivity contribution in [3.8, 4) is 11.5 Å². The van der Waals surface area contributed by atoms with Crippen LogP contribution in [0.15, 0.2) is 18.2 Å². The molecule has 24 heavy (non-hydrogen) atoms. The number of carbonyl (C=O) groups excluding carboxylic acids is 1. The third-order valence-electron chi connectivity index (χ3n) is 4.00. The molecule has 0 saturated carbocycles. The zero-order chi connectivity index (χ0) is 17.9. The highest BCUT2D eigenvalue weighted by Gasteiger charge is 2.31. The molecule has 0 aromatic heterocycles. The molecule has 1 aliphatic rings. The average Bonchev–Trinajstić information content (AvgIpc) is 2.97. The number of amides is 1. The van der Waals surface area contributed by atoms with Crippen LogP contribution in [0.2, 0.25) is 0 Å². The van der Waals surface area contributed by atoms with Crippen molar-refractivity contribution in [1.82, 2.24) is 5.32 Å². The minimum Gasteiger partial charge on any atom is -0.480 e. The van der Waals surface area contributed by atoms with E-state index in [1.54, 1.807) is 12.1 Å². The lowest BCUT2D eigenvalue weighted by atomic mass is 9.94. The summed E-state index contributed by atoms with van der Waals surface area (Å²) < 4.78 is 10.6. The van der Waals surface area contributed by atoms with Gasteiger partial charge in [0.15, 0.2) is 11.5 Å². The second-order valence-corrected chi connectivity index (χ2v) is 6.15. The fourth-order valence-corrected chi connectivity index (χ4v) is 2.64. The lowest BCUT2D eigenvalue weighted by Gasteiger charge is -2.29. The van der Waals surface area contributed by atoms with Crippen molar-refractivity contribution in [2.45, 2.75) is 38.4 Å². The maximum atomic E-state index is 11.8. The normalized spacial score (nSPS) is 16.7.